The van der Waals surface area contributed by atoms with Crippen LogP contribution in [0.5, 0.6) is 0 Å². The molecule has 0 unspecified atom stereocenters. The lowest BCUT2D eigenvalue weighted by Gasteiger charge is -2.23. The highest BCUT2D eigenvalue weighted by Crippen LogP contribution is 2.23. The van der Waals surface area contributed by atoms with E-state index in [4.69, 9.17) is 0 Å². The summed E-state index contributed by atoms with van der Waals surface area (Å²) < 4.78 is 0. The number of carbonyl (C=O) groups excluding carboxylic acids is 2. The van der Waals surface area contributed by atoms with Crippen molar-refractivity contribution in [2.24, 2.45) is 0 Å². The zero-order valence-corrected chi connectivity index (χ0v) is 13.4. The molecule has 1 aromatic heterocycles. The number of amides is 2. The van der Waals surface area contributed by atoms with Crippen molar-refractivity contribution in [1.29, 1.82) is 0 Å². The molecule has 1 heterocycles. The van der Waals surface area contributed by atoms with Crippen LogP contribution in [0.3, 0.4) is 0 Å². The van der Waals surface area contributed by atoms with Crippen molar-refractivity contribution in [3.05, 3.63) is 23.9 Å². The summed E-state index contributed by atoms with van der Waals surface area (Å²) in [6.07, 6.45) is 3.89. The van der Waals surface area contributed by atoms with E-state index >= 15 is 0 Å². The van der Waals surface area contributed by atoms with E-state index in [0.717, 1.165) is 5.82 Å². The van der Waals surface area contributed by atoms with E-state index in [9.17, 15) is 9.59 Å². The molecular weight excluding hydrogens is 280 g/mol. The molecule has 2 amide bonds. The first-order chi connectivity index (χ1) is 10.5. The molecule has 0 radical (unpaired) electrons. The van der Waals surface area contributed by atoms with E-state index in [1.54, 1.807) is 24.0 Å². The van der Waals surface area contributed by atoms with Gasteiger partial charge in [0.25, 0.3) is 5.91 Å². The summed E-state index contributed by atoms with van der Waals surface area (Å²) in [5, 5.41) is 5.99. The fourth-order valence-corrected chi connectivity index (χ4v) is 2.20. The van der Waals surface area contributed by atoms with Gasteiger partial charge in [0.05, 0.1) is 5.56 Å². The lowest BCUT2D eigenvalue weighted by molar-refractivity contribution is -0.132. The van der Waals surface area contributed by atoms with Crippen LogP contribution in [0, 0.1) is 0 Å². The third-order valence-electron chi connectivity index (χ3n) is 3.75. The molecule has 1 atom stereocenters. The SMILES string of the molecule is CCN(CC)C(=O)[C@@H](C)NC(=O)c1ccc(NC2CC2)nc1. The maximum absolute atomic E-state index is 12.2. The van der Waals surface area contributed by atoms with E-state index < -0.39 is 6.04 Å². The Morgan fingerprint density at radius 2 is 2.00 bits per heavy atom. The van der Waals surface area contributed by atoms with Crippen molar-refractivity contribution in [1.82, 2.24) is 15.2 Å². The van der Waals surface area contributed by atoms with Gasteiger partial charge in [-0.3, -0.25) is 9.59 Å². The fourth-order valence-electron chi connectivity index (χ4n) is 2.20. The van der Waals surface area contributed by atoms with Gasteiger partial charge in [0.1, 0.15) is 11.9 Å². The van der Waals surface area contributed by atoms with Gasteiger partial charge in [-0.15, -0.1) is 0 Å². The third-order valence-corrected chi connectivity index (χ3v) is 3.75. The maximum Gasteiger partial charge on any atom is 0.253 e. The molecule has 1 aromatic rings. The predicted molar refractivity (Wildman–Crippen MR) is 85.7 cm³/mol. The molecule has 1 aliphatic rings. The van der Waals surface area contributed by atoms with Crippen molar-refractivity contribution in [3.8, 4) is 0 Å². The number of aromatic nitrogens is 1. The molecule has 1 aliphatic carbocycles. The number of anilines is 1. The molecule has 1 fully saturated rings. The van der Waals surface area contributed by atoms with Gasteiger partial charge in [0, 0.05) is 25.3 Å². The number of pyridine rings is 1. The number of nitrogens with zero attached hydrogens (tertiary/aromatic N) is 2. The first-order valence-corrected chi connectivity index (χ1v) is 7.87. The van der Waals surface area contributed by atoms with Crippen LogP contribution in [0.25, 0.3) is 0 Å². The molecule has 120 valence electrons. The highest BCUT2D eigenvalue weighted by Gasteiger charge is 2.22. The number of nitrogens with one attached hydrogen (secondary N) is 2. The molecule has 2 rings (SSSR count). The summed E-state index contributed by atoms with van der Waals surface area (Å²) in [6, 6.07) is 3.50. The third kappa shape index (κ3) is 4.19. The number of rotatable bonds is 7. The van der Waals surface area contributed by atoms with E-state index in [-0.39, 0.29) is 11.8 Å². The van der Waals surface area contributed by atoms with Gasteiger partial charge >= 0.3 is 0 Å². The number of likely N-dealkylation sites (N-methyl/N-ethyl adjacent to an activating group) is 1. The van der Waals surface area contributed by atoms with Crippen LogP contribution < -0.4 is 10.6 Å². The van der Waals surface area contributed by atoms with Gasteiger partial charge in [0.15, 0.2) is 0 Å². The van der Waals surface area contributed by atoms with Crippen molar-refractivity contribution in [2.45, 2.75) is 45.7 Å². The van der Waals surface area contributed by atoms with Gasteiger partial charge in [-0.05, 0) is 45.7 Å². The molecule has 6 nitrogen and oxygen atoms in total. The molecule has 22 heavy (non-hydrogen) atoms. The summed E-state index contributed by atoms with van der Waals surface area (Å²) in [7, 11) is 0. The predicted octanol–water partition coefficient (Wildman–Crippen LogP) is 1.64. The molecule has 0 bridgehead atoms. The van der Waals surface area contributed by atoms with Crippen LogP contribution in [-0.4, -0.2) is 46.9 Å². The lowest BCUT2D eigenvalue weighted by atomic mass is 10.2. The van der Waals surface area contributed by atoms with E-state index in [1.165, 1.54) is 19.0 Å². The lowest BCUT2D eigenvalue weighted by Crippen LogP contribution is -2.46. The number of hydrogen-bond donors (Lipinski definition) is 2. The summed E-state index contributed by atoms with van der Waals surface area (Å²) in [6.45, 7) is 6.82. The molecule has 6 heteroatoms. The summed E-state index contributed by atoms with van der Waals surface area (Å²) in [5.74, 6) is 0.433. The van der Waals surface area contributed by atoms with Crippen LogP contribution in [0.4, 0.5) is 5.82 Å². The first kappa shape index (κ1) is 16.3. The molecule has 2 N–H and O–H groups in total. The van der Waals surface area contributed by atoms with E-state index in [1.807, 2.05) is 13.8 Å². The molecule has 0 aliphatic heterocycles. The van der Waals surface area contributed by atoms with Crippen LogP contribution in [0.2, 0.25) is 0 Å². The Labute approximate surface area is 131 Å². The van der Waals surface area contributed by atoms with Crippen LogP contribution in [-0.2, 0) is 4.79 Å². The van der Waals surface area contributed by atoms with Gasteiger partial charge in [-0.1, -0.05) is 0 Å². The number of hydrogen-bond acceptors (Lipinski definition) is 4. The van der Waals surface area contributed by atoms with Crippen LogP contribution in [0.15, 0.2) is 18.3 Å². The minimum atomic E-state index is -0.545. The smallest absolute Gasteiger partial charge is 0.253 e. The Hall–Kier alpha value is -2.11. The Balaban J connectivity index is 1.91. The monoisotopic (exact) mass is 304 g/mol. The van der Waals surface area contributed by atoms with Crippen LogP contribution >= 0.6 is 0 Å². The van der Waals surface area contributed by atoms with Gasteiger partial charge in [-0.2, -0.15) is 0 Å². The van der Waals surface area contributed by atoms with Crippen molar-refractivity contribution in [3.63, 3.8) is 0 Å². The van der Waals surface area contributed by atoms with E-state index in [2.05, 4.69) is 15.6 Å². The first-order valence-electron chi connectivity index (χ1n) is 7.87. The summed E-state index contributed by atoms with van der Waals surface area (Å²) in [4.78, 5) is 30.2. The Morgan fingerprint density at radius 3 is 2.50 bits per heavy atom. The second-order valence-electron chi connectivity index (χ2n) is 5.56. The second-order valence-corrected chi connectivity index (χ2v) is 5.56. The largest absolute Gasteiger partial charge is 0.367 e. The highest BCUT2D eigenvalue weighted by molar-refractivity contribution is 5.97. The van der Waals surface area contributed by atoms with Gasteiger partial charge in [0.2, 0.25) is 5.91 Å². The van der Waals surface area contributed by atoms with Crippen molar-refractivity contribution in [2.75, 3.05) is 18.4 Å². The summed E-state index contributed by atoms with van der Waals surface area (Å²) >= 11 is 0. The standard InChI is InChI=1S/C16H24N4O2/c1-4-20(5-2)16(22)11(3)18-15(21)12-6-9-14(17-10-12)19-13-7-8-13/h6,9-11,13H,4-5,7-8H2,1-3H3,(H,17,19)(H,18,21)/t11-/m1/s1. The Morgan fingerprint density at radius 1 is 1.32 bits per heavy atom. The van der Waals surface area contributed by atoms with Gasteiger partial charge < -0.3 is 15.5 Å². The average molecular weight is 304 g/mol. The van der Waals surface area contributed by atoms with E-state index in [0.29, 0.717) is 24.7 Å². The minimum absolute atomic E-state index is 0.0710. The topological polar surface area (TPSA) is 74.3 Å². The highest BCUT2D eigenvalue weighted by atomic mass is 16.2. The maximum atomic E-state index is 12.2. The Kier molecular flexibility index (Phi) is 5.35. The quantitative estimate of drug-likeness (QED) is 0.803. The molecule has 0 spiro atoms. The zero-order valence-electron chi connectivity index (χ0n) is 13.4. The average Bonchev–Trinajstić information content (AvgIpc) is 3.33. The zero-order chi connectivity index (χ0) is 16.1. The van der Waals surface area contributed by atoms with Crippen molar-refractivity contribution < 1.29 is 9.59 Å². The fraction of sp³-hybridized carbons (Fsp3) is 0.562. The number of carbonyl (C=O) groups is 2. The molecule has 0 saturated heterocycles. The summed E-state index contributed by atoms with van der Waals surface area (Å²) in [5.41, 5.74) is 0.459. The molecule has 1 saturated carbocycles. The second kappa shape index (κ2) is 7.24. The van der Waals surface area contributed by atoms with Crippen molar-refractivity contribution >= 4 is 17.6 Å². The Bertz CT molecular complexity index is 521. The normalized spacial score (nSPS) is 15.0. The van der Waals surface area contributed by atoms with Gasteiger partial charge in [-0.25, -0.2) is 4.98 Å². The molecular formula is C16H24N4O2. The van der Waals surface area contributed by atoms with Crippen LogP contribution in [0.1, 0.15) is 44.0 Å². The molecule has 0 aromatic carbocycles. The minimum Gasteiger partial charge on any atom is -0.367 e.